The molecule has 0 heterocycles. The van der Waals surface area contributed by atoms with Gasteiger partial charge in [0.25, 0.3) is 0 Å². The molecule has 0 atom stereocenters. The average molecular weight is 258 g/mol. The molecule has 1 aliphatic carbocycles. The second kappa shape index (κ2) is 7.12. The molecule has 0 spiro atoms. The third kappa shape index (κ3) is 4.67. The van der Waals surface area contributed by atoms with Crippen molar-refractivity contribution in [3.63, 3.8) is 0 Å². The maximum atomic E-state index is 2.51. The van der Waals surface area contributed by atoms with Gasteiger partial charge in [-0.05, 0) is 55.1 Å². The summed E-state index contributed by atoms with van der Waals surface area (Å²) in [6.45, 7) is 4.78. The Morgan fingerprint density at radius 1 is 1.00 bits per heavy atom. The highest BCUT2D eigenvalue weighted by atomic mass is 14.3. The lowest BCUT2D eigenvalue weighted by molar-refractivity contribution is 0.199. The third-order valence-corrected chi connectivity index (χ3v) is 4.89. The summed E-state index contributed by atoms with van der Waals surface area (Å²) in [4.78, 5) is 0. The highest BCUT2D eigenvalue weighted by Gasteiger charge is 2.26. The zero-order valence-corrected chi connectivity index (χ0v) is 12.9. The molecule has 1 saturated carbocycles. The Hall–Kier alpha value is -0.780. The first-order valence-corrected chi connectivity index (χ1v) is 8.30. The van der Waals surface area contributed by atoms with E-state index in [1.54, 1.807) is 5.56 Å². The van der Waals surface area contributed by atoms with Gasteiger partial charge >= 0.3 is 0 Å². The van der Waals surface area contributed by atoms with E-state index in [-0.39, 0.29) is 0 Å². The molecule has 1 aromatic rings. The lowest BCUT2D eigenvalue weighted by Crippen LogP contribution is -2.20. The highest BCUT2D eigenvalue weighted by Crippen LogP contribution is 2.39. The van der Waals surface area contributed by atoms with Crippen LogP contribution < -0.4 is 0 Å². The zero-order valence-electron chi connectivity index (χ0n) is 12.9. The summed E-state index contributed by atoms with van der Waals surface area (Å²) in [5.74, 6) is 0. The summed E-state index contributed by atoms with van der Waals surface area (Å²) in [6.07, 6.45) is 13.8. The molecule has 0 unspecified atom stereocenters. The molecule has 0 aromatic heterocycles. The summed E-state index contributed by atoms with van der Waals surface area (Å²) in [7, 11) is 0. The number of unbranched alkanes of at least 4 members (excludes halogenated alkanes) is 1. The molecule has 2 rings (SSSR count). The van der Waals surface area contributed by atoms with Crippen molar-refractivity contribution < 1.29 is 0 Å². The second-order valence-corrected chi connectivity index (χ2v) is 6.79. The number of aryl methyl sites for hydroxylation is 2. The SMILES string of the molecule is CCCCc1cccc(CCC2(C)CCCCC2)c1. The molecular formula is C19H30. The van der Waals surface area contributed by atoms with Crippen molar-refractivity contribution in [3.8, 4) is 0 Å². The van der Waals surface area contributed by atoms with Crippen molar-refractivity contribution in [2.45, 2.75) is 78.1 Å². The third-order valence-electron chi connectivity index (χ3n) is 4.89. The first kappa shape index (κ1) is 14.6. The van der Waals surface area contributed by atoms with E-state index >= 15 is 0 Å². The first-order chi connectivity index (χ1) is 9.22. The van der Waals surface area contributed by atoms with Gasteiger partial charge in [-0.25, -0.2) is 0 Å². The predicted octanol–water partition coefficient (Wildman–Crippen LogP) is 5.93. The second-order valence-electron chi connectivity index (χ2n) is 6.79. The highest BCUT2D eigenvalue weighted by molar-refractivity contribution is 5.23. The molecule has 0 radical (unpaired) electrons. The van der Waals surface area contributed by atoms with E-state index in [4.69, 9.17) is 0 Å². The van der Waals surface area contributed by atoms with Crippen molar-refractivity contribution >= 4 is 0 Å². The van der Waals surface area contributed by atoms with Crippen LogP contribution in [0.3, 0.4) is 0 Å². The monoisotopic (exact) mass is 258 g/mol. The number of rotatable bonds is 6. The average Bonchev–Trinajstić information content (AvgIpc) is 2.44. The fraction of sp³-hybridized carbons (Fsp3) is 0.684. The molecule has 0 heteroatoms. The Labute approximate surface area is 119 Å². The van der Waals surface area contributed by atoms with Gasteiger partial charge in [0.1, 0.15) is 0 Å². The Kier molecular flexibility index (Phi) is 5.48. The van der Waals surface area contributed by atoms with Crippen LogP contribution in [0.15, 0.2) is 24.3 Å². The minimum atomic E-state index is 0.623. The van der Waals surface area contributed by atoms with Gasteiger partial charge in [0.2, 0.25) is 0 Å². The van der Waals surface area contributed by atoms with Crippen LogP contribution in [0.1, 0.15) is 76.3 Å². The quantitative estimate of drug-likeness (QED) is 0.593. The topological polar surface area (TPSA) is 0 Å². The van der Waals surface area contributed by atoms with Gasteiger partial charge in [-0.1, -0.05) is 63.8 Å². The molecule has 0 bridgehead atoms. The lowest BCUT2D eigenvalue weighted by atomic mass is 9.72. The van der Waals surface area contributed by atoms with Crippen LogP contribution in [0.4, 0.5) is 0 Å². The summed E-state index contributed by atoms with van der Waals surface area (Å²) < 4.78 is 0. The first-order valence-electron chi connectivity index (χ1n) is 8.30. The van der Waals surface area contributed by atoms with Crippen LogP contribution >= 0.6 is 0 Å². The summed E-state index contributed by atoms with van der Waals surface area (Å²) in [5, 5.41) is 0. The van der Waals surface area contributed by atoms with Crippen molar-refractivity contribution in [3.05, 3.63) is 35.4 Å². The Balaban J connectivity index is 1.88. The van der Waals surface area contributed by atoms with E-state index in [0.717, 1.165) is 0 Å². The predicted molar refractivity (Wildman–Crippen MR) is 84.6 cm³/mol. The van der Waals surface area contributed by atoms with Crippen LogP contribution in [-0.2, 0) is 12.8 Å². The fourth-order valence-corrected chi connectivity index (χ4v) is 3.42. The molecule has 0 nitrogen and oxygen atoms in total. The van der Waals surface area contributed by atoms with Crippen molar-refractivity contribution in [2.75, 3.05) is 0 Å². The van der Waals surface area contributed by atoms with Crippen molar-refractivity contribution in [2.24, 2.45) is 5.41 Å². The maximum Gasteiger partial charge on any atom is -0.0274 e. The molecule has 0 aliphatic heterocycles. The molecule has 1 aliphatic rings. The van der Waals surface area contributed by atoms with Crippen LogP contribution in [0.5, 0.6) is 0 Å². The van der Waals surface area contributed by atoms with E-state index in [2.05, 4.69) is 38.1 Å². The molecule has 0 saturated heterocycles. The molecule has 1 fully saturated rings. The molecule has 0 amide bonds. The normalized spacial score (nSPS) is 18.4. The lowest BCUT2D eigenvalue weighted by Gasteiger charge is -2.33. The largest absolute Gasteiger partial charge is 0.0654 e. The van der Waals surface area contributed by atoms with Gasteiger partial charge in [-0.3, -0.25) is 0 Å². The standard InChI is InChI=1S/C19H30/c1-3-4-9-17-10-8-11-18(16-17)12-15-19(2)13-6-5-7-14-19/h8,10-11,16H,3-7,9,12-15H2,1-2H3. The Bertz CT molecular complexity index is 371. The Morgan fingerprint density at radius 3 is 2.37 bits per heavy atom. The van der Waals surface area contributed by atoms with Crippen LogP contribution in [0, 0.1) is 5.41 Å². The van der Waals surface area contributed by atoms with Gasteiger partial charge in [0, 0.05) is 0 Å². The minimum Gasteiger partial charge on any atom is -0.0654 e. The molecule has 19 heavy (non-hydrogen) atoms. The smallest absolute Gasteiger partial charge is 0.0274 e. The molecule has 0 N–H and O–H groups in total. The number of benzene rings is 1. The van der Waals surface area contributed by atoms with Gasteiger partial charge in [0.15, 0.2) is 0 Å². The summed E-state index contributed by atoms with van der Waals surface area (Å²) >= 11 is 0. The Morgan fingerprint density at radius 2 is 1.68 bits per heavy atom. The van der Waals surface area contributed by atoms with Crippen LogP contribution in [0.2, 0.25) is 0 Å². The van der Waals surface area contributed by atoms with Gasteiger partial charge in [0.05, 0.1) is 0 Å². The van der Waals surface area contributed by atoms with Crippen molar-refractivity contribution in [1.82, 2.24) is 0 Å². The van der Waals surface area contributed by atoms with Gasteiger partial charge in [-0.15, -0.1) is 0 Å². The van der Waals surface area contributed by atoms with Gasteiger partial charge in [-0.2, -0.15) is 0 Å². The van der Waals surface area contributed by atoms with E-state index in [9.17, 15) is 0 Å². The zero-order chi connectivity index (χ0) is 13.6. The number of hydrogen-bond acceptors (Lipinski definition) is 0. The maximum absolute atomic E-state index is 2.51. The van der Waals surface area contributed by atoms with Crippen LogP contribution in [-0.4, -0.2) is 0 Å². The fourth-order valence-electron chi connectivity index (χ4n) is 3.42. The van der Waals surface area contributed by atoms with Crippen LogP contribution in [0.25, 0.3) is 0 Å². The minimum absolute atomic E-state index is 0.623. The molecule has 1 aromatic carbocycles. The van der Waals surface area contributed by atoms with E-state index < -0.39 is 0 Å². The summed E-state index contributed by atoms with van der Waals surface area (Å²) in [6, 6.07) is 9.31. The van der Waals surface area contributed by atoms with E-state index in [0.29, 0.717) is 5.41 Å². The van der Waals surface area contributed by atoms with Crippen molar-refractivity contribution in [1.29, 1.82) is 0 Å². The summed E-state index contributed by atoms with van der Waals surface area (Å²) in [5.41, 5.74) is 3.71. The number of hydrogen-bond donors (Lipinski definition) is 0. The molecular weight excluding hydrogens is 228 g/mol. The van der Waals surface area contributed by atoms with E-state index in [1.165, 1.54) is 69.8 Å². The van der Waals surface area contributed by atoms with E-state index in [1.807, 2.05) is 0 Å². The van der Waals surface area contributed by atoms with Gasteiger partial charge < -0.3 is 0 Å². The molecule has 106 valence electrons.